The van der Waals surface area contributed by atoms with Gasteiger partial charge in [-0.2, -0.15) is 5.10 Å². The van der Waals surface area contributed by atoms with Gasteiger partial charge in [0, 0.05) is 30.4 Å². The Hall–Kier alpha value is -4.06. The average Bonchev–Trinajstić information content (AvgIpc) is 3.25. The van der Waals surface area contributed by atoms with Crippen molar-refractivity contribution in [2.75, 3.05) is 7.11 Å². The number of nitrogens with one attached hydrogen (secondary N) is 2. The van der Waals surface area contributed by atoms with Gasteiger partial charge in [0.2, 0.25) is 0 Å². The van der Waals surface area contributed by atoms with Gasteiger partial charge in [0.1, 0.15) is 5.75 Å². The van der Waals surface area contributed by atoms with Crippen LogP contribution in [-0.4, -0.2) is 22.9 Å². The molecule has 2 N–H and O–H groups in total. The van der Waals surface area contributed by atoms with Gasteiger partial charge in [-0.1, -0.05) is 72.8 Å². The first kappa shape index (κ1) is 21.2. The summed E-state index contributed by atoms with van der Waals surface area (Å²) in [7, 11) is 1.63. The molecular formula is C26H26N4O2. The van der Waals surface area contributed by atoms with E-state index < -0.39 is 0 Å². The van der Waals surface area contributed by atoms with Crippen LogP contribution in [0.25, 0.3) is 11.3 Å². The van der Waals surface area contributed by atoms with Gasteiger partial charge >= 0.3 is 6.03 Å². The topological polar surface area (TPSA) is 68.2 Å². The van der Waals surface area contributed by atoms with E-state index in [1.165, 1.54) is 5.56 Å². The third kappa shape index (κ3) is 5.55. The summed E-state index contributed by atoms with van der Waals surface area (Å²) in [6.07, 6.45) is 2.00. The van der Waals surface area contributed by atoms with Crippen molar-refractivity contribution in [3.05, 3.63) is 108 Å². The summed E-state index contributed by atoms with van der Waals surface area (Å²) in [5.41, 5.74) is 5.03. The van der Waals surface area contributed by atoms with Crippen LogP contribution in [0.2, 0.25) is 0 Å². The monoisotopic (exact) mass is 426 g/mol. The fraction of sp³-hybridized carbons (Fsp3) is 0.154. The predicted molar refractivity (Wildman–Crippen MR) is 125 cm³/mol. The fourth-order valence-corrected chi connectivity index (χ4v) is 3.45. The minimum atomic E-state index is -0.226. The maximum absolute atomic E-state index is 12.4. The predicted octanol–water partition coefficient (Wildman–Crippen LogP) is 4.61. The highest BCUT2D eigenvalue weighted by Crippen LogP contribution is 2.22. The molecule has 0 atom stereocenters. The summed E-state index contributed by atoms with van der Waals surface area (Å²) >= 11 is 0. The van der Waals surface area contributed by atoms with Crippen LogP contribution in [0, 0.1) is 0 Å². The Bertz CT molecular complexity index is 1140. The lowest BCUT2D eigenvalue weighted by Gasteiger charge is -2.08. The number of methoxy groups -OCH3 is 1. The maximum atomic E-state index is 12.4. The number of urea groups is 1. The van der Waals surface area contributed by atoms with Gasteiger partial charge in [0.25, 0.3) is 0 Å². The molecular weight excluding hydrogens is 400 g/mol. The van der Waals surface area contributed by atoms with Crippen LogP contribution < -0.4 is 15.4 Å². The van der Waals surface area contributed by atoms with Gasteiger partial charge in [0.15, 0.2) is 0 Å². The molecule has 0 saturated carbocycles. The molecule has 0 bridgehead atoms. The Kier molecular flexibility index (Phi) is 6.82. The molecule has 4 rings (SSSR count). The number of ether oxygens (including phenoxy) is 1. The van der Waals surface area contributed by atoms with Crippen LogP contribution in [0.4, 0.5) is 4.79 Å². The van der Waals surface area contributed by atoms with Crippen LogP contribution >= 0.6 is 0 Å². The maximum Gasteiger partial charge on any atom is 0.315 e. The highest BCUT2D eigenvalue weighted by molar-refractivity contribution is 5.74. The number of carbonyl (C=O) groups is 1. The van der Waals surface area contributed by atoms with Crippen molar-refractivity contribution in [1.82, 2.24) is 20.4 Å². The summed E-state index contributed by atoms with van der Waals surface area (Å²) in [4.78, 5) is 12.4. The molecule has 0 spiro atoms. The molecule has 2 amide bonds. The van der Waals surface area contributed by atoms with E-state index in [0.717, 1.165) is 28.1 Å². The Balaban J connectivity index is 1.42. The number of nitrogens with zero attached hydrogens (tertiary/aromatic N) is 2. The van der Waals surface area contributed by atoms with Crippen molar-refractivity contribution < 1.29 is 9.53 Å². The second-order valence-corrected chi connectivity index (χ2v) is 7.44. The molecule has 4 aromatic rings. The van der Waals surface area contributed by atoms with E-state index in [0.29, 0.717) is 19.6 Å². The SMILES string of the molecule is COc1ccc(CNC(=O)NCc2cn(Cc3ccccc3)nc2-c2ccccc2)cc1. The Labute approximate surface area is 187 Å². The molecule has 3 aromatic carbocycles. The molecule has 6 heteroatoms. The first-order chi connectivity index (χ1) is 15.7. The molecule has 0 radical (unpaired) electrons. The molecule has 0 fully saturated rings. The van der Waals surface area contributed by atoms with E-state index in [1.54, 1.807) is 7.11 Å². The molecule has 32 heavy (non-hydrogen) atoms. The minimum Gasteiger partial charge on any atom is -0.497 e. The molecule has 6 nitrogen and oxygen atoms in total. The van der Waals surface area contributed by atoms with Crippen LogP contribution in [0.1, 0.15) is 16.7 Å². The number of amides is 2. The zero-order valence-electron chi connectivity index (χ0n) is 18.0. The van der Waals surface area contributed by atoms with Gasteiger partial charge in [0.05, 0.1) is 19.3 Å². The van der Waals surface area contributed by atoms with Crippen molar-refractivity contribution in [3.63, 3.8) is 0 Å². The lowest BCUT2D eigenvalue weighted by atomic mass is 10.1. The number of rotatable bonds is 8. The van der Waals surface area contributed by atoms with Gasteiger partial charge in [-0.15, -0.1) is 0 Å². The summed E-state index contributed by atoms with van der Waals surface area (Å²) < 4.78 is 7.08. The molecule has 0 aliphatic heterocycles. The largest absolute Gasteiger partial charge is 0.497 e. The summed E-state index contributed by atoms with van der Waals surface area (Å²) in [6, 6.07) is 27.6. The zero-order chi connectivity index (χ0) is 22.2. The van der Waals surface area contributed by atoms with Crippen molar-refractivity contribution in [1.29, 1.82) is 0 Å². The summed E-state index contributed by atoms with van der Waals surface area (Å²) in [6.45, 7) is 1.49. The van der Waals surface area contributed by atoms with Gasteiger partial charge in [-0.25, -0.2) is 4.79 Å². The summed E-state index contributed by atoms with van der Waals surface area (Å²) in [5, 5.41) is 10.6. The normalized spacial score (nSPS) is 10.5. The Morgan fingerprint density at radius 2 is 1.50 bits per heavy atom. The van der Waals surface area contributed by atoms with Crippen LogP contribution in [0.5, 0.6) is 5.75 Å². The standard InChI is InChI=1S/C26H26N4O2/c1-32-24-14-12-20(13-15-24)16-27-26(31)28-17-23-19-30(18-21-8-4-2-5-9-21)29-25(23)22-10-6-3-7-11-22/h2-15,19H,16-18H2,1H3,(H2,27,28,31). The number of carbonyl (C=O) groups excluding carboxylic acids is 1. The summed E-state index contributed by atoms with van der Waals surface area (Å²) in [5.74, 6) is 0.791. The van der Waals surface area contributed by atoms with E-state index >= 15 is 0 Å². The average molecular weight is 427 g/mol. The smallest absolute Gasteiger partial charge is 0.315 e. The highest BCUT2D eigenvalue weighted by Gasteiger charge is 2.12. The lowest BCUT2D eigenvalue weighted by molar-refractivity contribution is 0.240. The molecule has 0 saturated heterocycles. The number of hydrogen-bond acceptors (Lipinski definition) is 3. The fourth-order valence-electron chi connectivity index (χ4n) is 3.45. The first-order valence-electron chi connectivity index (χ1n) is 10.5. The van der Waals surface area contributed by atoms with Gasteiger partial charge in [-0.05, 0) is 23.3 Å². The van der Waals surface area contributed by atoms with Crippen LogP contribution in [0.3, 0.4) is 0 Å². The second-order valence-electron chi connectivity index (χ2n) is 7.44. The van der Waals surface area contributed by atoms with Crippen molar-refractivity contribution in [2.24, 2.45) is 0 Å². The van der Waals surface area contributed by atoms with E-state index in [1.807, 2.05) is 83.7 Å². The van der Waals surface area contributed by atoms with Gasteiger partial charge in [-0.3, -0.25) is 4.68 Å². The quantitative estimate of drug-likeness (QED) is 0.432. The number of benzene rings is 3. The van der Waals surface area contributed by atoms with E-state index in [2.05, 4.69) is 22.8 Å². The van der Waals surface area contributed by atoms with E-state index in [4.69, 9.17) is 9.84 Å². The van der Waals surface area contributed by atoms with Crippen molar-refractivity contribution in [3.8, 4) is 17.0 Å². The molecule has 162 valence electrons. The van der Waals surface area contributed by atoms with E-state index in [-0.39, 0.29) is 6.03 Å². The second kappa shape index (κ2) is 10.3. The molecule has 0 aliphatic carbocycles. The van der Waals surface area contributed by atoms with Crippen LogP contribution in [0.15, 0.2) is 91.1 Å². The molecule has 1 aromatic heterocycles. The Morgan fingerprint density at radius 3 is 2.19 bits per heavy atom. The number of hydrogen-bond donors (Lipinski definition) is 2. The number of aromatic nitrogens is 2. The van der Waals surface area contributed by atoms with Crippen LogP contribution in [-0.2, 0) is 19.6 Å². The third-order valence-corrected chi connectivity index (χ3v) is 5.12. The molecule has 1 heterocycles. The lowest BCUT2D eigenvalue weighted by Crippen LogP contribution is -2.34. The minimum absolute atomic E-state index is 0.226. The van der Waals surface area contributed by atoms with Crippen molar-refractivity contribution >= 4 is 6.03 Å². The van der Waals surface area contributed by atoms with Gasteiger partial charge < -0.3 is 15.4 Å². The van der Waals surface area contributed by atoms with E-state index in [9.17, 15) is 4.79 Å². The highest BCUT2D eigenvalue weighted by atomic mass is 16.5. The first-order valence-corrected chi connectivity index (χ1v) is 10.5. The molecule has 0 aliphatic rings. The molecule has 0 unspecified atom stereocenters. The third-order valence-electron chi connectivity index (χ3n) is 5.12. The van der Waals surface area contributed by atoms with Crippen molar-refractivity contribution in [2.45, 2.75) is 19.6 Å². The Morgan fingerprint density at radius 1 is 0.844 bits per heavy atom. The zero-order valence-corrected chi connectivity index (χ0v) is 18.0.